The summed E-state index contributed by atoms with van der Waals surface area (Å²) in [6.45, 7) is 0.0538. The van der Waals surface area contributed by atoms with Gasteiger partial charge in [0.25, 0.3) is 11.8 Å². The number of para-hydroxylation sites is 2. The van der Waals surface area contributed by atoms with Crippen LogP contribution in [0.25, 0.3) is 0 Å². The molecule has 0 spiro atoms. The molecule has 0 saturated carbocycles. The Labute approximate surface area is 180 Å². The van der Waals surface area contributed by atoms with Crippen LogP contribution in [0, 0.1) is 5.82 Å². The van der Waals surface area contributed by atoms with Gasteiger partial charge in [0.05, 0.1) is 18.4 Å². The zero-order valence-electron chi connectivity index (χ0n) is 17.1. The van der Waals surface area contributed by atoms with Gasteiger partial charge < -0.3 is 20.1 Å². The second-order valence-electron chi connectivity index (χ2n) is 6.67. The molecule has 3 rings (SSSR count). The molecule has 6 nitrogen and oxygen atoms in total. The third-order valence-corrected chi connectivity index (χ3v) is 4.50. The molecule has 0 bridgehead atoms. The SMILES string of the molecule is COc1ccc(CCNC(=O)c2ccccc2NC(=O)COc2ccccc2F)cc1. The van der Waals surface area contributed by atoms with Gasteiger partial charge in [-0.3, -0.25) is 9.59 Å². The van der Waals surface area contributed by atoms with Crippen LogP contribution in [0.3, 0.4) is 0 Å². The average Bonchev–Trinajstić information content (AvgIpc) is 2.79. The van der Waals surface area contributed by atoms with E-state index in [9.17, 15) is 14.0 Å². The molecule has 2 amide bonds. The average molecular weight is 422 g/mol. The summed E-state index contributed by atoms with van der Waals surface area (Å²) in [7, 11) is 1.61. The highest BCUT2D eigenvalue weighted by atomic mass is 19.1. The van der Waals surface area contributed by atoms with E-state index in [0.717, 1.165) is 11.3 Å². The standard InChI is InChI=1S/C24H23FN2O4/c1-30-18-12-10-17(11-13-18)14-15-26-24(29)19-6-2-4-8-21(19)27-23(28)16-31-22-9-5-3-7-20(22)25/h2-13H,14-16H2,1H3,(H,26,29)(H,27,28). The normalized spacial score (nSPS) is 10.3. The van der Waals surface area contributed by atoms with Crippen LogP contribution in [0.1, 0.15) is 15.9 Å². The molecule has 0 unspecified atom stereocenters. The predicted octanol–water partition coefficient (Wildman–Crippen LogP) is 3.82. The fraction of sp³-hybridized carbons (Fsp3) is 0.167. The second kappa shape index (κ2) is 10.8. The second-order valence-corrected chi connectivity index (χ2v) is 6.67. The number of rotatable bonds is 9. The molecule has 0 aromatic heterocycles. The number of ether oxygens (including phenoxy) is 2. The van der Waals surface area contributed by atoms with Crippen molar-refractivity contribution in [1.82, 2.24) is 5.32 Å². The monoisotopic (exact) mass is 422 g/mol. The van der Waals surface area contributed by atoms with Gasteiger partial charge in [-0.05, 0) is 48.4 Å². The third kappa shape index (κ3) is 6.30. The van der Waals surface area contributed by atoms with Gasteiger partial charge in [-0.1, -0.05) is 36.4 Å². The lowest BCUT2D eigenvalue weighted by molar-refractivity contribution is -0.118. The zero-order chi connectivity index (χ0) is 22.1. The Balaban J connectivity index is 1.54. The molecular weight excluding hydrogens is 399 g/mol. The first-order chi connectivity index (χ1) is 15.1. The maximum atomic E-state index is 13.6. The Hall–Kier alpha value is -3.87. The molecule has 7 heteroatoms. The Morgan fingerprint density at radius 1 is 0.935 bits per heavy atom. The maximum absolute atomic E-state index is 13.6. The molecule has 0 aliphatic rings. The van der Waals surface area contributed by atoms with E-state index >= 15 is 0 Å². The Bertz CT molecular complexity index is 1040. The molecule has 0 fully saturated rings. The summed E-state index contributed by atoms with van der Waals surface area (Å²) in [5.74, 6) is -0.591. The van der Waals surface area contributed by atoms with Crippen molar-refractivity contribution < 1.29 is 23.5 Å². The Kier molecular flexibility index (Phi) is 7.59. The number of hydrogen-bond donors (Lipinski definition) is 2. The van der Waals surface area contributed by atoms with Gasteiger partial charge in [-0.15, -0.1) is 0 Å². The fourth-order valence-electron chi connectivity index (χ4n) is 2.89. The van der Waals surface area contributed by atoms with Crippen LogP contribution in [0.5, 0.6) is 11.5 Å². The van der Waals surface area contributed by atoms with Crippen molar-refractivity contribution in [2.45, 2.75) is 6.42 Å². The van der Waals surface area contributed by atoms with E-state index < -0.39 is 11.7 Å². The molecule has 0 atom stereocenters. The van der Waals surface area contributed by atoms with E-state index in [1.807, 2.05) is 24.3 Å². The van der Waals surface area contributed by atoms with Gasteiger partial charge in [-0.2, -0.15) is 0 Å². The van der Waals surface area contributed by atoms with Gasteiger partial charge >= 0.3 is 0 Å². The van der Waals surface area contributed by atoms with Crippen molar-refractivity contribution in [3.63, 3.8) is 0 Å². The van der Waals surface area contributed by atoms with Crippen molar-refractivity contribution in [1.29, 1.82) is 0 Å². The van der Waals surface area contributed by atoms with Crippen molar-refractivity contribution in [3.05, 3.63) is 89.7 Å². The summed E-state index contributed by atoms with van der Waals surface area (Å²) in [6.07, 6.45) is 0.654. The lowest BCUT2D eigenvalue weighted by atomic mass is 10.1. The van der Waals surface area contributed by atoms with Crippen molar-refractivity contribution in [2.75, 3.05) is 25.6 Å². The summed E-state index contributed by atoms with van der Waals surface area (Å²) >= 11 is 0. The summed E-state index contributed by atoms with van der Waals surface area (Å²) in [4.78, 5) is 24.8. The number of hydrogen-bond acceptors (Lipinski definition) is 4. The van der Waals surface area contributed by atoms with Crippen LogP contribution >= 0.6 is 0 Å². The molecule has 0 aliphatic carbocycles. The number of benzene rings is 3. The third-order valence-electron chi connectivity index (χ3n) is 4.50. The first kappa shape index (κ1) is 21.8. The molecule has 0 heterocycles. The van der Waals surface area contributed by atoms with Gasteiger partial charge in [0.15, 0.2) is 18.2 Å². The van der Waals surface area contributed by atoms with Gasteiger partial charge in [0.2, 0.25) is 0 Å². The molecule has 0 aliphatic heterocycles. The number of anilines is 1. The number of halogens is 1. The first-order valence-corrected chi connectivity index (χ1v) is 9.74. The highest BCUT2D eigenvalue weighted by Crippen LogP contribution is 2.17. The van der Waals surface area contributed by atoms with Crippen LogP contribution < -0.4 is 20.1 Å². The molecule has 2 N–H and O–H groups in total. The van der Waals surface area contributed by atoms with Crippen molar-refractivity contribution >= 4 is 17.5 Å². The van der Waals surface area contributed by atoms with Gasteiger partial charge in [-0.25, -0.2) is 4.39 Å². The Morgan fingerprint density at radius 3 is 2.39 bits per heavy atom. The van der Waals surface area contributed by atoms with Crippen molar-refractivity contribution in [2.24, 2.45) is 0 Å². The largest absolute Gasteiger partial charge is 0.497 e. The van der Waals surface area contributed by atoms with Crippen LogP contribution in [-0.4, -0.2) is 32.1 Å². The van der Waals surface area contributed by atoms with E-state index in [1.165, 1.54) is 18.2 Å². The van der Waals surface area contributed by atoms with Crippen LogP contribution in [0.4, 0.5) is 10.1 Å². The lowest BCUT2D eigenvalue weighted by Crippen LogP contribution is -2.28. The summed E-state index contributed by atoms with van der Waals surface area (Å²) in [6, 6.07) is 20.1. The molecule has 3 aromatic carbocycles. The van der Waals surface area contributed by atoms with Crippen LogP contribution in [-0.2, 0) is 11.2 Å². The summed E-state index contributed by atoms with van der Waals surface area (Å²) in [5.41, 5.74) is 1.75. The van der Waals surface area contributed by atoms with E-state index in [1.54, 1.807) is 37.4 Å². The minimum Gasteiger partial charge on any atom is -0.497 e. The Morgan fingerprint density at radius 2 is 1.65 bits per heavy atom. The number of carbonyl (C=O) groups is 2. The number of carbonyl (C=O) groups excluding carboxylic acids is 2. The number of amides is 2. The predicted molar refractivity (Wildman–Crippen MR) is 116 cm³/mol. The minimum atomic E-state index is -0.549. The molecule has 160 valence electrons. The van der Waals surface area contributed by atoms with Gasteiger partial charge in [0.1, 0.15) is 5.75 Å². The first-order valence-electron chi connectivity index (χ1n) is 9.74. The van der Waals surface area contributed by atoms with E-state index in [-0.39, 0.29) is 18.3 Å². The van der Waals surface area contributed by atoms with Crippen molar-refractivity contribution in [3.8, 4) is 11.5 Å². The highest BCUT2D eigenvalue weighted by molar-refractivity contribution is 6.04. The summed E-state index contributed by atoms with van der Waals surface area (Å²) in [5, 5.41) is 5.49. The fourth-order valence-corrected chi connectivity index (χ4v) is 2.89. The van der Waals surface area contributed by atoms with E-state index in [4.69, 9.17) is 9.47 Å². The molecule has 31 heavy (non-hydrogen) atoms. The molecule has 0 saturated heterocycles. The number of methoxy groups -OCH3 is 1. The topological polar surface area (TPSA) is 76.7 Å². The summed E-state index contributed by atoms with van der Waals surface area (Å²) < 4.78 is 23.9. The van der Waals surface area contributed by atoms with Gasteiger partial charge in [0, 0.05) is 6.54 Å². The molecule has 0 radical (unpaired) electrons. The molecule has 3 aromatic rings. The molecular formula is C24H23FN2O4. The maximum Gasteiger partial charge on any atom is 0.262 e. The van der Waals surface area contributed by atoms with Crippen LogP contribution in [0.2, 0.25) is 0 Å². The highest BCUT2D eigenvalue weighted by Gasteiger charge is 2.14. The van der Waals surface area contributed by atoms with Crippen LogP contribution in [0.15, 0.2) is 72.8 Å². The minimum absolute atomic E-state index is 0.0118. The quantitative estimate of drug-likeness (QED) is 0.550. The lowest BCUT2D eigenvalue weighted by Gasteiger charge is -2.12. The zero-order valence-corrected chi connectivity index (χ0v) is 17.1. The van der Waals surface area contributed by atoms with E-state index in [0.29, 0.717) is 24.2 Å². The smallest absolute Gasteiger partial charge is 0.262 e. The van der Waals surface area contributed by atoms with E-state index in [2.05, 4.69) is 10.6 Å². The number of nitrogens with one attached hydrogen (secondary N) is 2.